The molecule has 0 bridgehead atoms. The van der Waals surface area contributed by atoms with E-state index in [4.69, 9.17) is 11.5 Å². The number of amides is 3. The quantitative estimate of drug-likeness (QED) is 0.100. The lowest BCUT2D eigenvalue weighted by atomic mass is 10.0. The smallest absolute Gasteiger partial charge is 0.326 e. The number of rotatable bonds is 16. The molecule has 3 rings (SSSR count). The van der Waals surface area contributed by atoms with Gasteiger partial charge in [0, 0.05) is 23.5 Å². The van der Waals surface area contributed by atoms with Gasteiger partial charge in [0.25, 0.3) is 0 Å². The molecule has 4 atom stereocenters. The van der Waals surface area contributed by atoms with E-state index < -0.39 is 54.5 Å². The second kappa shape index (κ2) is 15.5. The van der Waals surface area contributed by atoms with Crippen LogP contribution in [0.15, 0.2) is 54.7 Å². The molecule has 4 unspecified atom stereocenters. The van der Waals surface area contributed by atoms with Crippen LogP contribution in [0, 0.1) is 0 Å². The number of carbonyl (C=O) groups excluding carboxylic acids is 3. The van der Waals surface area contributed by atoms with Crippen molar-refractivity contribution in [3.05, 3.63) is 65.9 Å². The van der Waals surface area contributed by atoms with Crippen LogP contribution in [0.25, 0.3) is 10.9 Å². The first kappa shape index (κ1) is 32.1. The third-order valence-corrected chi connectivity index (χ3v) is 6.84. The van der Waals surface area contributed by atoms with Crippen molar-refractivity contribution in [1.29, 1.82) is 0 Å². The van der Waals surface area contributed by atoms with E-state index in [2.05, 4.69) is 20.9 Å². The Labute approximate surface area is 242 Å². The van der Waals surface area contributed by atoms with Crippen molar-refractivity contribution in [2.75, 3.05) is 13.2 Å². The number of aliphatic hydroxyl groups is 1. The number of hydrogen-bond donors (Lipinski definition) is 9. The summed E-state index contributed by atoms with van der Waals surface area (Å²) in [6.07, 6.45) is 3.09. The molecular weight excluding hydrogens is 544 g/mol. The van der Waals surface area contributed by atoms with Crippen molar-refractivity contribution in [1.82, 2.24) is 20.9 Å². The predicted octanol–water partition coefficient (Wildman–Crippen LogP) is -0.354. The molecule has 13 heteroatoms. The fourth-order valence-corrected chi connectivity index (χ4v) is 4.47. The fourth-order valence-electron chi connectivity index (χ4n) is 4.47. The van der Waals surface area contributed by atoms with Crippen LogP contribution in [0.3, 0.4) is 0 Å². The minimum Gasteiger partial charge on any atom is -0.508 e. The normalized spacial score (nSPS) is 14.0. The maximum Gasteiger partial charge on any atom is 0.326 e. The molecule has 0 aliphatic carbocycles. The van der Waals surface area contributed by atoms with Crippen LogP contribution in [-0.2, 0) is 32.0 Å². The van der Waals surface area contributed by atoms with Crippen LogP contribution in [0.5, 0.6) is 5.75 Å². The summed E-state index contributed by atoms with van der Waals surface area (Å²) in [6, 6.07) is 8.61. The fraction of sp³-hybridized carbons (Fsp3) is 0.379. The first-order chi connectivity index (χ1) is 20.1. The first-order valence-electron chi connectivity index (χ1n) is 13.7. The number of nitrogens with one attached hydrogen (secondary N) is 4. The molecule has 226 valence electrons. The first-order valence-corrected chi connectivity index (χ1v) is 13.7. The largest absolute Gasteiger partial charge is 0.508 e. The number of aromatic hydroxyl groups is 1. The summed E-state index contributed by atoms with van der Waals surface area (Å²) in [5, 5.41) is 37.2. The van der Waals surface area contributed by atoms with Crippen LogP contribution in [-0.4, -0.2) is 81.3 Å². The molecule has 3 amide bonds. The molecule has 1 aromatic heterocycles. The highest BCUT2D eigenvalue weighted by Gasteiger charge is 2.30. The average Bonchev–Trinajstić information content (AvgIpc) is 3.38. The third kappa shape index (κ3) is 9.03. The van der Waals surface area contributed by atoms with Crippen molar-refractivity contribution in [3.63, 3.8) is 0 Å². The predicted molar refractivity (Wildman–Crippen MR) is 155 cm³/mol. The highest BCUT2D eigenvalue weighted by atomic mass is 16.4. The summed E-state index contributed by atoms with van der Waals surface area (Å²) in [7, 11) is 0. The topological polar surface area (TPSA) is 233 Å². The number of carboxylic acids is 1. The lowest BCUT2D eigenvalue weighted by Crippen LogP contribution is -2.58. The minimum atomic E-state index is -1.48. The summed E-state index contributed by atoms with van der Waals surface area (Å²) in [6.45, 7) is -0.443. The maximum absolute atomic E-state index is 13.3. The van der Waals surface area contributed by atoms with E-state index in [0.29, 0.717) is 24.9 Å². The van der Waals surface area contributed by atoms with Crippen LogP contribution in [0.2, 0.25) is 0 Å². The highest BCUT2D eigenvalue weighted by molar-refractivity contribution is 5.94. The monoisotopic (exact) mass is 582 g/mol. The highest BCUT2D eigenvalue weighted by Crippen LogP contribution is 2.19. The zero-order valence-corrected chi connectivity index (χ0v) is 23.1. The van der Waals surface area contributed by atoms with Crippen molar-refractivity contribution in [2.45, 2.75) is 56.3 Å². The number of unbranched alkanes of at least 4 members (excludes halogenated alkanes) is 1. The van der Waals surface area contributed by atoms with E-state index in [1.165, 1.54) is 12.1 Å². The number of phenolic OH excluding ortho intramolecular Hbond substituents is 1. The van der Waals surface area contributed by atoms with Gasteiger partial charge in [-0.1, -0.05) is 30.3 Å². The number of aromatic amines is 1. The van der Waals surface area contributed by atoms with Crippen LogP contribution < -0.4 is 27.4 Å². The molecule has 0 fully saturated rings. The number of phenols is 1. The van der Waals surface area contributed by atoms with E-state index in [1.807, 2.05) is 24.3 Å². The number of H-pyrrole nitrogens is 1. The Bertz CT molecular complexity index is 1360. The summed E-state index contributed by atoms with van der Waals surface area (Å²) in [5.41, 5.74) is 14.0. The number of para-hydroxylation sites is 1. The number of aliphatic hydroxyl groups excluding tert-OH is 1. The van der Waals surface area contributed by atoms with Gasteiger partial charge >= 0.3 is 5.97 Å². The number of carbonyl (C=O) groups is 4. The summed E-state index contributed by atoms with van der Waals surface area (Å²) < 4.78 is 0. The average molecular weight is 583 g/mol. The van der Waals surface area contributed by atoms with Crippen molar-refractivity contribution >= 4 is 34.6 Å². The van der Waals surface area contributed by atoms with Gasteiger partial charge in [0.15, 0.2) is 0 Å². The Morgan fingerprint density at radius 3 is 2.14 bits per heavy atom. The molecular formula is C29H38N6O7. The molecule has 11 N–H and O–H groups in total. The van der Waals surface area contributed by atoms with Crippen molar-refractivity contribution in [2.24, 2.45) is 11.5 Å². The molecule has 2 aromatic carbocycles. The van der Waals surface area contributed by atoms with Gasteiger partial charge in [-0.2, -0.15) is 0 Å². The number of aromatic nitrogens is 1. The van der Waals surface area contributed by atoms with E-state index in [9.17, 15) is 34.5 Å². The third-order valence-electron chi connectivity index (χ3n) is 6.84. The van der Waals surface area contributed by atoms with Gasteiger partial charge in [0.1, 0.15) is 23.9 Å². The Hall–Kier alpha value is -4.46. The number of carboxylic acid groups (broad SMARTS) is 1. The zero-order valence-electron chi connectivity index (χ0n) is 23.1. The summed E-state index contributed by atoms with van der Waals surface area (Å²) in [5.74, 6) is -3.54. The van der Waals surface area contributed by atoms with Crippen molar-refractivity contribution in [3.8, 4) is 5.75 Å². The Morgan fingerprint density at radius 1 is 0.833 bits per heavy atom. The summed E-state index contributed by atoms with van der Waals surface area (Å²) in [4.78, 5) is 54.0. The number of benzene rings is 2. The molecule has 42 heavy (non-hydrogen) atoms. The van der Waals surface area contributed by atoms with Gasteiger partial charge in [-0.15, -0.1) is 0 Å². The molecule has 13 nitrogen and oxygen atoms in total. The Kier molecular flexibility index (Phi) is 11.8. The molecule has 0 saturated carbocycles. The number of aliphatic carboxylic acids is 1. The van der Waals surface area contributed by atoms with E-state index in [0.717, 1.165) is 16.5 Å². The molecule has 0 aliphatic rings. The summed E-state index contributed by atoms with van der Waals surface area (Å²) >= 11 is 0. The minimum absolute atomic E-state index is 0.0148. The van der Waals surface area contributed by atoms with E-state index >= 15 is 0 Å². The lowest BCUT2D eigenvalue weighted by molar-refractivity contribution is -0.142. The molecule has 0 radical (unpaired) electrons. The standard InChI is InChI=1S/C29H38N6O7/c30-12-4-3-7-23(29(41)42)33-28(40)25(16-36)35-27(39)24(13-17-8-10-19(37)11-9-17)34-26(38)21(31)14-18-15-32-22-6-2-1-5-20(18)22/h1-2,5-6,8-11,15,21,23-25,32,36-37H,3-4,7,12-14,16,30-31H2,(H,33,40)(H,34,38)(H,35,39)(H,41,42). The second-order valence-electron chi connectivity index (χ2n) is 10.0. The molecule has 0 saturated heterocycles. The van der Waals surface area contributed by atoms with Crippen LogP contribution in [0.4, 0.5) is 0 Å². The zero-order chi connectivity index (χ0) is 30.6. The lowest BCUT2D eigenvalue weighted by Gasteiger charge is -2.24. The van der Waals surface area contributed by atoms with Gasteiger partial charge in [0.2, 0.25) is 17.7 Å². The number of hydrogen-bond acceptors (Lipinski definition) is 8. The van der Waals surface area contributed by atoms with Crippen LogP contribution >= 0.6 is 0 Å². The van der Waals surface area contributed by atoms with E-state index in [-0.39, 0.29) is 25.0 Å². The maximum atomic E-state index is 13.3. The van der Waals surface area contributed by atoms with Gasteiger partial charge in [0.05, 0.1) is 12.6 Å². The van der Waals surface area contributed by atoms with Crippen LogP contribution in [0.1, 0.15) is 30.4 Å². The Balaban J connectivity index is 1.72. The Morgan fingerprint density at radius 2 is 1.48 bits per heavy atom. The molecule has 3 aromatic rings. The second-order valence-corrected chi connectivity index (χ2v) is 10.0. The number of fused-ring (bicyclic) bond motifs is 1. The van der Waals surface area contributed by atoms with Gasteiger partial charge < -0.3 is 47.7 Å². The SMILES string of the molecule is NCCCCC(NC(=O)C(CO)NC(=O)C(Cc1ccc(O)cc1)NC(=O)C(N)Cc1c[nH]c2ccccc12)C(=O)O. The van der Waals surface area contributed by atoms with Gasteiger partial charge in [-0.05, 0) is 61.6 Å². The number of nitrogens with two attached hydrogens (primary N) is 2. The molecule has 0 spiro atoms. The molecule has 1 heterocycles. The van der Waals surface area contributed by atoms with Gasteiger partial charge in [-0.25, -0.2) is 4.79 Å². The van der Waals surface area contributed by atoms with E-state index in [1.54, 1.807) is 18.3 Å². The molecule has 0 aliphatic heterocycles. The van der Waals surface area contributed by atoms with Crippen molar-refractivity contribution < 1.29 is 34.5 Å². The van der Waals surface area contributed by atoms with Gasteiger partial charge in [-0.3, -0.25) is 14.4 Å².